The Kier molecular flexibility index (Phi) is 3.66. The van der Waals surface area contributed by atoms with Gasteiger partial charge in [0.25, 0.3) is 0 Å². The van der Waals surface area contributed by atoms with E-state index in [-0.39, 0.29) is 27.1 Å². The Labute approximate surface area is 131 Å². The van der Waals surface area contributed by atoms with Crippen molar-refractivity contribution in [1.29, 1.82) is 0 Å². The smallest absolute Gasteiger partial charge is 0.230 e. The Morgan fingerprint density at radius 2 is 2.05 bits per heavy atom. The fraction of sp³-hybridized carbons (Fsp3) is 0.133. The Hall–Kier alpha value is -1.92. The van der Waals surface area contributed by atoms with Gasteiger partial charge < -0.3 is 4.42 Å². The zero-order valence-electron chi connectivity index (χ0n) is 11.5. The topological polar surface area (TPSA) is 60.2 Å². The van der Waals surface area contributed by atoms with Crippen LogP contribution < -0.4 is 0 Å². The van der Waals surface area contributed by atoms with Crippen molar-refractivity contribution >= 4 is 32.5 Å². The molecule has 0 saturated heterocycles. The molecule has 0 radical (unpaired) electrons. The molecular weight excluding hydrogens is 329 g/mol. The molecule has 0 fully saturated rings. The first kappa shape index (κ1) is 15.0. The second-order valence-corrected chi connectivity index (χ2v) is 7.34. The summed E-state index contributed by atoms with van der Waals surface area (Å²) in [6.07, 6.45) is 0. The Morgan fingerprint density at radius 3 is 2.77 bits per heavy atom. The molecule has 0 bridgehead atoms. The third-order valence-corrected chi connectivity index (χ3v) is 5.30. The Balaban J connectivity index is 2.17. The molecule has 1 heterocycles. The standard InChI is InChI=1S/C15H11ClFNO3S/c1-2-22(19,20)9-6-7-13-12(8-9)18-15(21-13)10-4-3-5-11(16)14(10)17/h3-8H,2H2,1H3. The van der Waals surface area contributed by atoms with E-state index >= 15 is 0 Å². The van der Waals surface area contributed by atoms with Gasteiger partial charge in [0.2, 0.25) is 5.89 Å². The molecule has 4 nitrogen and oxygen atoms in total. The van der Waals surface area contributed by atoms with Crippen molar-refractivity contribution in [2.75, 3.05) is 5.75 Å². The van der Waals surface area contributed by atoms with Crippen LogP contribution in [0.4, 0.5) is 4.39 Å². The van der Waals surface area contributed by atoms with Gasteiger partial charge in [-0.05, 0) is 30.3 Å². The fourth-order valence-corrected chi connectivity index (χ4v) is 3.13. The highest BCUT2D eigenvalue weighted by Gasteiger charge is 2.17. The zero-order chi connectivity index (χ0) is 15.9. The lowest BCUT2D eigenvalue weighted by Gasteiger charge is -1.99. The second-order valence-electron chi connectivity index (χ2n) is 4.65. The molecule has 3 rings (SSSR count). The van der Waals surface area contributed by atoms with E-state index in [1.165, 1.54) is 30.3 Å². The summed E-state index contributed by atoms with van der Waals surface area (Å²) in [7, 11) is -3.34. The van der Waals surface area contributed by atoms with E-state index in [0.29, 0.717) is 11.1 Å². The van der Waals surface area contributed by atoms with Gasteiger partial charge in [-0.1, -0.05) is 24.6 Å². The number of benzene rings is 2. The largest absolute Gasteiger partial charge is 0.436 e. The number of rotatable bonds is 3. The number of sulfone groups is 1. The first-order valence-corrected chi connectivity index (χ1v) is 8.53. The summed E-state index contributed by atoms with van der Waals surface area (Å²) >= 11 is 5.74. The minimum absolute atomic E-state index is 0.00780. The highest BCUT2D eigenvalue weighted by molar-refractivity contribution is 7.91. The van der Waals surface area contributed by atoms with Gasteiger partial charge in [0.15, 0.2) is 21.2 Å². The normalized spacial score (nSPS) is 12.0. The third-order valence-electron chi connectivity index (χ3n) is 3.28. The minimum atomic E-state index is -3.34. The number of fused-ring (bicyclic) bond motifs is 1. The van der Waals surface area contributed by atoms with Crippen LogP contribution in [-0.4, -0.2) is 19.2 Å². The summed E-state index contributed by atoms with van der Waals surface area (Å²) < 4.78 is 43.3. The zero-order valence-corrected chi connectivity index (χ0v) is 13.1. The average molecular weight is 340 g/mol. The SMILES string of the molecule is CCS(=O)(=O)c1ccc2oc(-c3cccc(Cl)c3F)nc2c1. The molecule has 0 N–H and O–H groups in total. The summed E-state index contributed by atoms with van der Waals surface area (Å²) in [5, 5.41) is -0.0333. The fourth-order valence-electron chi connectivity index (χ4n) is 2.05. The molecule has 114 valence electrons. The highest BCUT2D eigenvalue weighted by Crippen LogP contribution is 2.30. The van der Waals surface area contributed by atoms with Crippen LogP contribution in [0, 0.1) is 5.82 Å². The van der Waals surface area contributed by atoms with Crippen LogP contribution >= 0.6 is 11.6 Å². The van der Waals surface area contributed by atoms with E-state index < -0.39 is 15.7 Å². The summed E-state index contributed by atoms with van der Waals surface area (Å²) in [6.45, 7) is 1.56. The monoisotopic (exact) mass is 339 g/mol. The van der Waals surface area contributed by atoms with Crippen molar-refractivity contribution < 1.29 is 17.2 Å². The van der Waals surface area contributed by atoms with E-state index in [2.05, 4.69) is 4.98 Å². The summed E-state index contributed by atoms with van der Waals surface area (Å²) in [6, 6.07) is 8.89. The number of aromatic nitrogens is 1. The van der Waals surface area contributed by atoms with Crippen LogP contribution in [0.25, 0.3) is 22.6 Å². The lowest BCUT2D eigenvalue weighted by Crippen LogP contribution is -2.03. The van der Waals surface area contributed by atoms with Gasteiger partial charge in [-0.15, -0.1) is 0 Å². The van der Waals surface area contributed by atoms with E-state index in [0.717, 1.165) is 0 Å². The van der Waals surface area contributed by atoms with Crippen molar-refractivity contribution in [1.82, 2.24) is 4.98 Å². The molecular formula is C15H11ClFNO3S. The summed E-state index contributed by atoms with van der Waals surface area (Å²) in [5.41, 5.74) is 0.858. The summed E-state index contributed by atoms with van der Waals surface area (Å²) in [4.78, 5) is 4.32. The van der Waals surface area contributed by atoms with Gasteiger partial charge in [0.1, 0.15) is 5.52 Å². The maximum absolute atomic E-state index is 14.0. The Morgan fingerprint density at radius 1 is 1.27 bits per heavy atom. The molecule has 0 unspecified atom stereocenters. The van der Waals surface area contributed by atoms with Gasteiger partial charge in [0.05, 0.1) is 21.2 Å². The van der Waals surface area contributed by atoms with Crippen LogP contribution in [0.1, 0.15) is 6.92 Å². The molecule has 0 spiro atoms. The molecule has 0 aliphatic carbocycles. The van der Waals surface area contributed by atoms with Gasteiger partial charge >= 0.3 is 0 Å². The third kappa shape index (κ3) is 2.48. The molecule has 2 aromatic carbocycles. The number of hydrogen-bond donors (Lipinski definition) is 0. The molecule has 1 aromatic heterocycles. The van der Waals surface area contributed by atoms with Crippen LogP contribution in [0.3, 0.4) is 0 Å². The molecule has 0 atom stereocenters. The van der Waals surface area contributed by atoms with E-state index in [1.54, 1.807) is 13.0 Å². The number of nitrogens with zero attached hydrogens (tertiary/aromatic N) is 1. The van der Waals surface area contributed by atoms with Crippen molar-refractivity contribution in [2.24, 2.45) is 0 Å². The predicted octanol–water partition coefficient (Wildman–Crippen LogP) is 4.08. The quantitative estimate of drug-likeness (QED) is 0.721. The average Bonchev–Trinajstić information content (AvgIpc) is 2.92. The molecule has 0 amide bonds. The van der Waals surface area contributed by atoms with Crippen molar-refractivity contribution in [2.45, 2.75) is 11.8 Å². The number of oxazole rings is 1. The molecule has 22 heavy (non-hydrogen) atoms. The van der Waals surface area contributed by atoms with E-state index in [9.17, 15) is 12.8 Å². The van der Waals surface area contributed by atoms with Crippen molar-refractivity contribution in [3.63, 3.8) is 0 Å². The maximum atomic E-state index is 14.0. The van der Waals surface area contributed by atoms with E-state index in [4.69, 9.17) is 16.0 Å². The number of hydrogen-bond acceptors (Lipinski definition) is 4. The second kappa shape index (κ2) is 5.37. The minimum Gasteiger partial charge on any atom is -0.436 e. The maximum Gasteiger partial charge on any atom is 0.230 e. The molecule has 0 aliphatic heterocycles. The van der Waals surface area contributed by atoms with Gasteiger partial charge in [-0.3, -0.25) is 0 Å². The lowest BCUT2D eigenvalue weighted by atomic mass is 10.2. The molecule has 0 saturated carbocycles. The molecule has 3 aromatic rings. The summed E-state index contributed by atoms with van der Waals surface area (Å²) in [5.74, 6) is -0.579. The van der Waals surface area contributed by atoms with Crippen LogP contribution in [0.5, 0.6) is 0 Å². The van der Waals surface area contributed by atoms with Gasteiger partial charge in [-0.2, -0.15) is 0 Å². The Bertz CT molecular complexity index is 966. The van der Waals surface area contributed by atoms with Crippen molar-refractivity contribution in [3.8, 4) is 11.5 Å². The first-order valence-electron chi connectivity index (χ1n) is 6.50. The van der Waals surface area contributed by atoms with Gasteiger partial charge in [-0.25, -0.2) is 17.8 Å². The van der Waals surface area contributed by atoms with E-state index in [1.807, 2.05) is 0 Å². The number of halogens is 2. The molecule has 0 aliphatic rings. The highest BCUT2D eigenvalue weighted by atomic mass is 35.5. The van der Waals surface area contributed by atoms with Gasteiger partial charge in [0, 0.05) is 0 Å². The predicted molar refractivity (Wildman–Crippen MR) is 82.1 cm³/mol. The van der Waals surface area contributed by atoms with Crippen LogP contribution in [0.2, 0.25) is 5.02 Å². The van der Waals surface area contributed by atoms with Crippen LogP contribution in [-0.2, 0) is 9.84 Å². The first-order chi connectivity index (χ1) is 10.4. The lowest BCUT2D eigenvalue weighted by molar-refractivity contribution is 0.593. The van der Waals surface area contributed by atoms with Crippen molar-refractivity contribution in [3.05, 3.63) is 47.2 Å². The van der Waals surface area contributed by atoms with Crippen LogP contribution in [0.15, 0.2) is 45.7 Å². The molecule has 7 heteroatoms.